The van der Waals surface area contributed by atoms with Crippen molar-refractivity contribution >= 4 is 17.9 Å². The summed E-state index contributed by atoms with van der Waals surface area (Å²) in [4.78, 5) is 32.9. The summed E-state index contributed by atoms with van der Waals surface area (Å²) in [5.74, 6) is -1.68. The zero-order valence-electron chi connectivity index (χ0n) is 11.3. The van der Waals surface area contributed by atoms with Crippen LogP contribution in [0.4, 0.5) is 4.79 Å². The summed E-state index contributed by atoms with van der Waals surface area (Å²) in [6, 6.07) is 7.15. The Hall–Kier alpha value is -2.37. The molecule has 6 heteroatoms. The van der Waals surface area contributed by atoms with E-state index in [0.717, 1.165) is 12.0 Å². The van der Waals surface area contributed by atoms with Crippen molar-refractivity contribution in [1.29, 1.82) is 0 Å². The monoisotopic (exact) mass is 278 g/mol. The molecule has 3 N–H and O–H groups in total. The van der Waals surface area contributed by atoms with Crippen LogP contribution in [0.15, 0.2) is 24.3 Å². The lowest BCUT2D eigenvalue weighted by molar-refractivity contribution is -0.138. The van der Waals surface area contributed by atoms with Crippen LogP contribution in [0, 0.1) is 0 Å². The lowest BCUT2D eigenvalue weighted by Crippen LogP contribution is -2.39. The topological polar surface area (TPSA) is 95.5 Å². The Morgan fingerprint density at radius 1 is 1.05 bits per heavy atom. The number of carbonyl (C=O) groups excluding carboxylic acids is 2. The Labute approximate surface area is 117 Å². The average Bonchev–Trinajstić information content (AvgIpc) is 2.43. The fourth-order valence-corrected chi connectivity index (χ4v) is 1.53. The van der Waals surface area contributed by atoms with Gasteiger partial charge in [0, 0.05) is 13.0 Å². The second-order valence-electron chi connectivity index (χ2n) is 4.29. The third kappa shape index (κ3) is 5.99. The predicted octanol–water partition coefficient (Wildman–Crippen LogP) is 1.44. The van der Waals surface area contributed by atoms with Crippen LogP contribution >= 0.6 is 0 Å². The van der Waals surface area contributed by atoms with Crippen LogP contribution in [0.25, 0.3) is 0 Å². The van der Waals surface area contributed by atoms with Gasteiger partial charge in [0.1, 0.15) is 0 Å². The first-order valence-electron chi connectivity index (χ1n) is 6.38. The van der Waals surface area contributed by atoms with Crippen molar-refractivity contribution in [3.8, 4) is 0 Å². The lowest BCUT2D eigenvalue weighted by atomic mass is 10.1. The van der Waals surface area contributed by atoms with E-state index in [1.165, 1.54) is 5.56 Å². The van der Waals surface area contributed by atoms with Gasteiger partial charge in [-0.25, -0.2) is 4.79 Å². The predicted molar refractivity (Wildman–Crippen MR) is 73.1 cm³/mol. The van der Waals surface area contributed by atoms with E-state index < -0.39 is 17.9 Å². The molecule has 0 aliphatic rings. The first kappa shape index (κ1) is 15.7. The van der Waals surface area contributed by atoms with E-state index >= 15 is 0 Å². The number of carboxylic acid groups (broad SMARTS) is 1. The quantitative estimate of drug-likeness (QED) is 0.733. The normalized spacial score (nSPS) is 9.85. The molecule has 1 aromatic rings. The number of urea groups is 1. The standard InChI is InChI=1S/C14H18N2O4/c1-2-10-3-5-11(6-4-10)9-15-14(20)16-12(17)7-8-13(18)19/h3-6H,2,7-9H2,1H3,(H,18,19)(H2,15,16,17,20). The van der Waals surface area contributed by atoms with Crippen molar-refractivity contribution in [3.05, 3.63) is 35.4 Å². The van der Waals surface area contributed by atoms with Gasteiger partial charge in [0.05, 0.1) is 6.42 Å². The molecule has 20 heavy (non-hydrogen) atoms. The van der Waals surface area contributed by atoms with Crippen molar-refractivity contribution in [1.82, 2.24) is 10.6 Å². The second kappa shape index (κ2) is 7.93. The molecule has 3 amide bonds. The second-order valence-corrected chi connectivity index (χ2v) is 4.29. The number of carbonyl (C=O) groups is 3. The van der Waals surface area contributed by atoms with Gasteiger partial charge in [-0.2, -0.15) is 0 Å². The number of amides is 3. The summed E-state index contributed by atoms with van der Waals surface area (Å²) in [6.45, 7) is 2.37. The average molecular weight is 278 g/mol. The number of hydrogen-bond donors (Lipinski definition) is 3. The third-order valence-electron chi connectivity index (χ3n) is 2.70. The van der Waals surface area contributed by atoms with E-state index in [4.69, 9.17) is 5.11 Å². The maximum atomic E-state index is 11.4. The lowest BCUT2D eigenvalue weighted by Gasteiger charge is -2.07. The van der Waals surface area contributed by atoms with Crippen molar-refractivity contribution < 1.29 is 19.5 Å². The molecule has 0 atom stereocenters. The number of rotatable bonds is 6. The zero-order chi connectivity index (χ0) is 15.0. The van der Waals surface area contributed by atoms with Crippen molar-refractivity contribution in [3.63, 3.8) is 0 Å². The molecular formula is C14H18N2O4. The van der Waals surface area contributed by atoms with Gasteiger partial charge in [0.15, 0.2) is 0 Å². The maximum absolute atomic E-state index is 11.4. The Balaban J connectivity index is 2.31. The van der Waals surface area contributed by atoms with Gasteiger partial charge >= 0.3 is 12.0 Å². The van der Waals surface area contributed by atoms with Crippen molar-refractivity contribution in [2.45, 2.75) is 32.7 Å². The number of carboxylic acids is 1. The van der Waals surface area contributed by atoms with Gasteiger partial charge in [0.25, 0.3) is 0 Å². The van der Waals surface area contributed by atoms with Gasteiger partial charge in [0.2, 0.25) is 5.91 Å². The number of hydrogen-bond acceptors (Lipinski definition) is 3. The molecule has 0 saturated carbocycles. The number of nitrogens with one attached hydrogen (secondary N) is 2. The van der Waals surface area contributed by atoms with E-state index in [1.54, 1.807) is 0 Å². The Bertz CT molecular complexity index is 482. The maximum Gasteiger partial charge on any atom is 0.321 e. The zero-order valence-corrected chi connectivity index (χ0v) is 11.3. The van der Waals surface area contributed by atoms with Crippen LogP contribution in [-0.2, 0) is 22.6 Å². The molecular weight excluding hydrogens is 260 g/mol. The number of aliphatic carboxylic acids is 1. The fraction of sp³-hybridized carbons (Fsp3) is 0.357. The molecule has 1 rings (SSSR count). The number of aryl methyl sites for hydroxylation is 1. The van der Waals surface area contributed by atoms with Crippen LogP contribution < -0.4 is 10.6 Å². The molecule has 0 fully saturated rings. The third-order valence-corrected chi connectivity index (χ3v) is 2.70. The first-order chi connectivity index (χ1) is 9.51. The van der Waals surface area contributed by atoms with Gasteiger partial charge in [-0.3, -0.25) is 14.9 Å². The van der Waals surface area contributed by atoms with Gasteiger partial charge in [-0.15, -0.1) is 0 Å². The minimum absolute atomic E-state index is 0.214. The molecule has 108 valence electrons. The van der Waals surface area contributed by atoms with E-state index in [1.807, 2.05) is 24.3 Å². The number of benzene rings is 1. The molecule has 0 aliphatic carbocycles. The number of imide groups is 1. The molecule has 0 heterocycles. The summed E-state index contributed by atoms with van der Waals surface area (Å²) in [5, 5.41) is 13.0. The minimum Gasteiger partial charge on any atom is -0.481 e. The fourth-order valence-electron chi connectivity index (χ4n) is 1.53. The largest absolute Gasteiger partial charge is 0.481 e. The first-order valence-corrected chi connectivity index (χ1v) is 6.38. The van der Waals surface area contributed by atoms with Gasteiger partial charge in [-0.1, -0.05) is 31.2 Å². The highest BCUT2D eigenvalue weighted by Crippen LogP contribution is 2.04. The van der Waals surface area contributed by atoms with Crippen LogP contribution in [0.3, 0.4) is 0 Å². The minimum atomic E-state index is -1.07. The van der Waals surface area contributed by atoms with E-state index in [9.17, 15) is 14.4 Å². The summed E-state index contributed by atoms with van der Waals surface area (Å²) in [5.41, 5.74) is 2.14. The van der Waals surface area contributed by atoms with Crippen LogP contribution in [-0.4, -0.2) is 23.0 Å². The Morgan fingerprint density at radius 3 is 2.20 bits per heavy atom. The van der Waals surface area contributed by atoms with Crippen LogP contribution in [0.1, 0.15) is 30.9 Å². The highest BCUT2D eigenvalue weighted by molar-refractivity contribution is 5.95. The summed E-state index contributed by atoms with van der Waals surface area (Å²) in [6.07, 6.45) is 0.442. The van der Waals surface area contributed by atoms with Crippen LogP contribution in [0.5, 0.6) is 0 Å². The van der Waals surface area contributed by atoms with Crippen LogP contribution in [0.2, 0.25) is 0 Å². The summed E-state index contributed by atoms with van der Waals surface area (Å²) < 4.78 is 0. The van der Waals surface area contributed by atoms with E-state index in [2.05, 4.69) is 17.6 Å². The van der Waals surface area contributed by atoms with Gasteiger partial charge < -0.3 is 10.4 Å². The molecule has 6 nitrogen and oxygen atoms in total. The van der Waals surface area contributed by atoms with E-state index in [0.29, 0.717) is 6.54 Å². The molecule has 0 aliphatic heterocycles. The van der Waals surface area contributed by atoms with Crippen molar-refractivity contribution in [2.24, 2.45) is 0 Å². The van der Waals surface area contributed by atoms with E-state index in [-0.39, 0.29) is 12.8 Å². The summed E-state index contributed by atoms with van der Waals surface area (Å²) in [7, 11) is 0. The molecule has 0 unspecified atom stereocenters. The smallest absolute Gasteiger partial charge is 0.321 e. The van der Waals surface area contributed by atoms with Gasteiger partial charge in [-0.05, 0) is 17.5 Å². The molecule has 0 saturated heterocycles. The Kier molecular flexibility index (Phi) is 6.22. The molecule has 0 aromatic heterocycles. The highest BCUT2D eigenvalue weighted by atomic mass is 16.4. The SMILES string of the molecule is CCc1ccc(CNC(=O)NC(=O)CCC(=O)O)cc1. The summed E-state index contributed by atoms with van der Waals surface area (Å²) >= 11 is 0. The molecule has 0 spiro atoms. The molecule has 0 radical (unpaired) electrons. The highest BCUT2D eigenvalue weighted by Gasteiger charge is 2.09. The Morgan fingerprint density at radius 2 is 1.65 bits per heavy atom. The van der Waals surface area contributed by atoms with Crippen molar-refractivity contribution in [2.75, 3.05) is 0 Å². The molecule has 1 aromatic carbocycles. The molecule has 0 bridgehead atoms.